The van der Waals surface area contributed by atoms with Crippen LogP contribution in [0.4, 0.5) is 0 Å². The van der Waals surface area contributed by atoms with Crippen LogP contribution in [0.1, 0.15) is 27.0 Å². The number of nitrogens with one attached hydrogen (secondary N) is 1. The number of benzene rings is 3. The number of thioether (sulfide) groups is 1. The molecular formula is C29H25ClN2O5S2. The van der Waals surface area contributed by atoms with Crippen molar-refractivity contribution in [2.75, 3.05) is 14.2 Å². The van der Waals surface area contributed by atoms with Crippen molar-refractivity contribution < 1.29 is 23.8 Å². The number of amides is 2. The second-order valence-corrected chi connectivity index (χ2v) is 10.4. The summed E-state index contributed by atoms with van der Waals surface area (Å²) in [4.78, 5) is 26.2. The first-order valence-electron chi connectivity index (χ1n) is 11.7. The summed E-state index contributed by atoms with van der Waals surface area (Å²) < 4.78 is 17.1. The van der Waals surface area contributed by atoms with E-state index < -0.39 is 11.8 Å². The molecule has 0 saturated carbocycles. The van der Waals surface area contributed by atoms with Crippen LogP contribution in [0.2, 0.25) is 5.02 Å². The van der Waals surface area contributed by atoms with E-state index in [1.165, 1.54) is 0 Å². The zero-order valence-electron chi connectivity index (χ0n) is 21.2. The lowest BCUT2D eigenvalue weighted by Gasteiger charge is -2.16. The molecule has 7 nitrogen and oxygen atoms in total. The van der Waals surface area contributed by atoms with Crippen molar-refractivity contribution in [3.8, 4) is 17.2 Å². The maximum Gasteiger partial charge on any atom is 0.285 e. The van der Waals surface area contributed by atoms with Crippen molar-refractivity contribution in [2.45, 2.75) is 13.0 Å². The number of carbonyl (C=O) groups excluding carboxylic acids is 2. The van der Waals surface area contributed by atoms with Gasteiger partial charge in [-0.25, -0.2) is 0 Å². The predicted octanol–water partition coefficient (Wildman–Crippen LogP) is 6.21. The number of ether oxygens (including phenoxy) is 3. The van der Waals surface area contributed by atoms with Crippen molar-refractivity contribution in [2.24, 2.45) is 0 Å². The Morgan fingerprint density at radius 3 is 2.46 bits per heavy atom. The number of hydrogen-bond donors (Lipinski definition) is 1. The number of methoxy groups -OCH3 is 2. The van der Waals surface area contributed by atoms with Crippen molar-refractivity contribution in [1.82, 2.24) is 10.4 Å². The van der Waals surface area contributed by atoms with E-state index in [0.717, 1.165) is 27.9 Å². The van der Waals surface area contributed by atoms with Crippen molar-refractivity contribution in [3.05, 3.63) is 106 Å². The van der Waals surface area contributed by atoms with Gasteiger partial charge >= 0.3 is 0 Å². The molecular weight excluding hydrogens is 556 g/mol. The van der Waals surface area contributed by atoms with Gasteiger partial charge in [0.15, 0.2) is 15.8 Å². The van der Waals surface area contributed by atoms with E-state index in [4.69, 9.17) is 38.0 Å². The SMILES string of the molecule is C=CCc1cc(/C=C2\SC(=S)N(NC(=O)c3ccc(OC)cc3)C2=O)cc(OC)c1OCc1ccc(Cl)cc1. The molecule has 10 heteroatoms. The fraction of sp³-hybridized carbons (Fsp3) is 0.138. The predicted molar refractivity (Wildman–Crippen MR) is 158 cm³/mol. The van der Waals surface area contributed by atoms with Gasteiger partial charge < -0.3 is 14.2 Å². The molecule has 1 heterocycles. The van der Waals surface area contributed by atoms with Crippen LogP contribution in [0.15, 0.2) is 78.2 Å². The van der Waals surface area contributed by atoms with E-state index in [-0.39, 0.29) is 4.32 Å². The first kappa shape index (κ1) is 28.2. The van der Waals surface area contributed by atoms with Gasteiger partial charge in [0.05, 0.1) is 19.1 Å². The lowest BCUT2D eigenvalue weighted by Crippen LogP contribution is -2.44. The number of carbonyl (C=O) groups is 2. The van der Waals surface area contributed by atoms with Gasteiger partial charge in [-0.2, -0.15) is 5.01 Å². The van der Waals surface area contributed by atoms with E-state index in [9.17, 15) is 9.59 Å². The highest BCUT2D eigenvalue weighted by Crippen LogP contribution is 2.37. The fourth-order valence-electron chi connectivity index (χ4n) is 3.75. The number of hydrogen-bond acceptors (Lipinski definition) is 7. The maximum atomic E-state index is 13.1. The molecule has 3 aromatic rings. The molecule has 39 heavy (non-hydrogen) atoms. The van der Waals surface area contributed by atoms with E-state index in [0.29, 0.717) is 51.3 Å². The zero-order valence-corrected chi connectivity index (χ0v) is 23.6. The van der Waals surface area contributed by atoms with Gasteiger partial charge in [-0.05, 0) is 84.4 Å². The molecule has 1 aliphatic rings. The van der Waals surface area contributed by atoms with Gasteiger partial charge in [-0.1, -0.05) is 41.6 Å². The first-order valence-corrected chi connectivity index (χ1v) is 13.3. The van der Waals surface area contributed by atoms with Crippen LogP contribution in [-0.2, 0) is 17.8 Å². The minimum Gasteiger partial charge on any atom is -0.497 e. The summed E-state index contributed by atoms with van der Waals surface area (Å²) in [6, 6.07) is 17.6. The summed E-state index contributed by atoms with van der Waals surface area (Å²) in [6.45, 7) is 4.17. The van der Waals surface area contributed by atoms with E-state index in [1.54, 1.807) is 68.8 Å². The molecule has 200 valence electrons. The zero-order chi connectivity index (χ0) is 27.9. The first-order chi connectivity index (χ1) is 18.8. The average Bonchev–Trinajstić information content (AvgIpc) is 3.20. The summed E-state index contributed by atoms with van der Waals surface area (Å²) >= 11 is 12.5. The summed E-state index contributed by atoms with van der Waals surface area (Å²) in [5.41, 5.74) is 5.45. The Morgan fingerprint density at radius 2 is 1.82 bits per heavy atom. The Labute approximate surface area is 241 Å². The van der Waals surface area contributed by atoms with Crippen molar-refractivity contribution in [3.63, 3.8) is 0 Å². The Morgan fingerprint density at radius 1 is 1.10 bits per heavy atom. The second kappa shape index (κ2) is 12.8. The highest BCUT2D eigenvalue weighted by Gasteiger charge is 2.34. The van der Waals surface area contributed by atoms with Crippen molar-refractivity contribution in [1.29, 1.82) is 0 Å². The molecule has 0 aliphatic carbocycles. The molecule has 0 bridgehead atoms. The molecule has 1 fully saturated rings. The highest BCUT2D eigenvalue weighted by atomic mass is 35.5. The number of rotatable bonds is 10. The van der Waals surface area contributed by atoms with E-state index in [2.05, 4.69) is 12.0 Å². The van der Waals surface area contributed by atoms with Gasteiger partial charge in [-0.3, -0.25) is 15.0 Å². The molecule has 3 aromatic carbocycles. The molecule has 0 atom stereocenters. The number of nitrogens with zero attached hydrogens (tertiary/aromatic N) is 1. The Bertz CT molecular complexity index is 1440. The van der Waals surface area contributed by atoms with Crippen LogP contribution >= 0.6 is 35.6 Å². The van der Waals surface area contributed by atoms with Crippen LogP contribution in [0.3, 0.4) is 0 Å². The second-order valence-electron chi connectivity index (χ2n) is 8.31. The highest BCUT2D eigenvalue weighted by molar-refractivity contribution is 8.26. The minimum atomic E-state index is -0.465. The van der Waals surface area contributed by atoms with Crippen LogP contribution in [0.25, 0.3) is 6.08 Å². The minimum absolute atomic E-state index is 0.217. The lowest BCUT2D eigenvalue weighted by molar-refractivity contribution is -0.123. The van der Waals surface area contributed by atoms with E-state index >= 15 is 0 Å². The van der Waals surface area contributed by atoms with Gasteiger partial charge in [0, 0.05) is 16.1 Å². The van der Waals surface area contributed by atoms with E-state index in [1.807, 2.05) is 18.2 Å². The number of thiocarbonyl (C=S) groups is 1. The molecule has 0 radical (unpaired) electrons. The largest absolute Gasteiger partial charge is 0.497 e. The fourth-order valence-corrected chi connectivity index (χ4v) is 5.06. The summed E-state index contributed by atoms with van der Waals surface area (Å²) in [5, 5.41) is 1.72. The lowest BCUT2D eigenvalue weighted by atomic mass is 10.0. The summed E-state index contributed by atoms with van der Waals surface area (Å²) in [6.07, 6.45) is 3.99. The Balaban J connectivity index is 1.54. The maximum absolute atomic E-state index is 13.1. The smallest absolute Gasteiger partial charge is 0.285 e. The molecule has 4 rings (SSSR count). The number of halogens is 1. The molecule has 2 amide bonds. The number of allylic oxidation sites excluding steroid dienone is 1. The topological polar surface area (TPSA) is 77.1 Å². The average molecular weight is 581 g/mol. The third-order valence-electron chi connectivity index (χ3n) is 5.69. The molecule has 1 N–H and O–H groups in total. The quantitative estimate of drug-likeness (QED) is 0.173. The van der Waals surface area contributed by atoms with Crippen LogP contribution in [-0.4, -0.2) is 35.4 Å². The molecule has 1 aliphatic heterocycles. The van der Waals surface area contributed by atoms with Gasteiger partial charge in [0.25, 0.3) is 11.8 Å². The van der Waals surface area contributed by atoms with Crippen molar-refractivity contribution >= 4 is 57.8 Å². The standard InChI is InChI=1S/C29H25ClN2O5S2/c1-4-5-21-14-19(15-24(36-3)26(21)37-17-18-6-10-22(30)11-7-18)16-25-28(34)32(29(38)39-25)31-27(33)20-8-12-23(35-2)13-9-20/h4,6-16H,1,5,17H2,2-3H3,(H,31,33)/b25-16-. The molecule has 0 aromatic heterocycles. The van der Waals surface area contributed by atoms with Gasteiger partial charge in [-0.15, -0.1) is 6.58 Å². The van der Waals surface area contributed by atoms with Gasteiger partial charge in [0.1, 0.15) is 12.4 Å². The Hall–Kier alpha value is -3.79. The normalized spacial score (nSPS) is 13.9. The molecule has 0 unspecified atom stereocenters. The molecule has 1 saturated heterocycles. The van der Waals surface area contributed by atoms with Crippen LogP contribution in [0.5, 0.6) is 17.2 Å². The monoisotopic (exact) mass is 580 g/mol. The third kappa shape index (κ3) is 6.81. The van der Waals surface area contributed by atoms with Crippen LogP contribution in [0, 0.1) is 0 Å². The van der Waals surface area contributed by atoms with Crippen LogP contribution < -0.4 is 19.6 Å². The summed E-state index contributed by atoms with van der Waals surface area (Å²) in [5.74, 6) is 0.820. The Kier molecular flexibility index (Phi) is 9.29. The van der Waals surface area contributed by atoms with Gasteiger partial charge in [0.2, 0.25) is 0 Å². The summed E-state index contributed by atoms with van der Waals surface area (Å²) in [7, 11) is 3.10. The number of hydrazine groups is 1. The molecule has 0 spiro atoms. The third-order valence-corrected chi connectivity index (χ3v) is 7.25.